The van der Waals surface area contributed by atoms with E-state index >= 15 is 0 Å². The Morgan fingerprint density at radius 2 is 1.94 bits per heavy atom. The van der Waals surface area contributed by atoms with Crippen molar-refractivity contribution in [3.63, 3.8) is 0 Å². The van der Waals surface area contributed by atoms with Gasteiger partial charge in [0.05, 0.1) is 9.83 Å². The van der Waals surface area contributed by atoms with Gasteiger partial charge in [0.1, 0.15) is 5.82 Å². The molecule has 0 aliphatic heterocycles. The lowest BCUT2D eigenvalue weighted by Crippen LogP contribution is -2.10. The lowest BCUT2D eigenvalue weighted by atomic mass is 10.0. The standard InChI is InChI=1S/C12H10Br2FNS/c1-6-2-7(4-8(15)3-6)11(16)10-5-9(13)12(14)17-10/h2-5,11H,16H2,1H3. The molecule has 0 aliphatic carbocycles. The maximum Gasteiger partial charge on any atom is 0.123 e. The fourth-order valence-electron chi connectivity index (χ4n) is 1.63. The molecular formula is C12H10Br2FNS. The Morgan fingerprint density at radius 1 is 1.24 bits per heavy atom. The number of hydrogen-bond acceptors (Lipinski definition) is 2. The molecule has 2 rings (SSSR count). The van der Waals surface area contributed by atoms with Crippen molar-refractivity contribution in [1.82, 2.24) is 0 Å². The molecule has 0 bridgehead atoms. The summed E-state index contributed by atoms with van der Waals surface area (Å²) >= 11 is 8.40. The lowest BCUT2D eigenvalue weighted by molar-refractivity contribution is 0.622. The van der Waals surface area contributed by atoms with Gasteiger partial charge in [-0.15, -0.1) is 11.3 Å². The fourth-order valence-corrected chi connectivity index (χ4v) is 3.74. The first kappa shape index (κ1) is 13.2. The summed E-state index contributed by atoms with van der Waals surface area (Å²) in [4.78, 5) is 0.994. The van der Waals surface area contributed by atoms with Crippen LogP contribution in [0, 0.1) is 12.7 Å². The highest BCUT2D eigenvalue weighted by Crippen LogP contribution is 2.36. The largest absolute Gasteiger partial charge is 0.320 e. The molecule has 0 saturated carbocycles. The van der Waals surface area contributed by atoms with Crippen molar-refractivity contribution < 1.29 is 4.39 Å². The number of nitrogens with two attached hydrogens (primary N) is 1. The van der Waals surface area contributed by atoms with Crippen LogP contribution < -0.4 is 5.73 Å². The highest BCUT2D eigenvalue weighted by Gasteiger charge is 2.14. The van der Waals surface area contributed by atoms with Crippen molar-refractivity contribution in [3.8, 4) is 0 Å². The molecule has 2 N–H and O–H groups in total. The molecule has 5 heteroatoms. The van der Waals surface area contributed by atoms with Gasteiger partial charge < -0.3 is 5.73 Å². The smallest absolute Gasteiger partial charge is 0.123 e. The lowest BCUT2D eigenvalue weighted by Gasteiger charge is -2.11. The molecule has 0 aliphatic rings. The maximum absolute atomic E-state index is 13.3. The first-order valence-electron chi connectivity index (χ1n) is 4.95. The normalized spacial score (nSPS) is 12.8. The molecule has 1 atom stereocenters. The van der Waals surface area contributed by atoms with Gasteiger partial charge in [0.2, 0.25) is 0 Å². The summed E-state index contributed by atoms with van der Waals surface area (Å²) < 4.78 is 15.3. The van der Waals surface area contributed by atoms with Crippen molar-refractivity contribution in [1.29, 1.82) is 0 Å². The Kier molecular flexibility index (Phi) is 4.02. The maximum atomic E-state index is 13.3. The summed E-state index contributed by atoms with van der Waals surface area (Å²) in [5, 5.41) is 0. The van der Waals surface area contributed by atoms with E-state index in [4.69, 9.17) is 5.73 Å². The fraction of sp³-hybridized carbons (Fsp3) is 0.167. The van der Waals surface area contributed by atoms with E-state index in [1.54, 1.807) is 11.3 Å². The van der Waals surface area contributed by atoms with Gasteiger partial charge in [-0.05, 0) is 68.1 Å². The van der Waals surface area contributed by atoms with Gasteiger partial charge in [-0.2, -0.15) is 0 Å². The molecular weight excluding hydrogens is 369 g/mol. The number of thiophene rings is 1. The summed E-state index contributed by atoms with van der Waals surface area (Å²) in [5.74, 6) is -0.245. The molecule has 17 heavy (non-hydrogen) atoms. The third-order valence-corrected chi connectivity index (χ3v) is 5.73. The monoisotopic (exact) mass is 377 g/mol. The zero-order chi connectivity index (χ0) is 12.6. The Bertz CT molecular complexity index is 514. The third kappa shape index (κ3) is 2.96. The predicted molar refractivity (Wildman–Crippen MR) is 76.9 cm³/mol. The van der Waals surface area contributed by atoms with Crippen LogP contribution in [0.2, 0.25) is 0 Å². The minimum Gasteiger partial charge on any atom is -0.320 e. The molecule has 0 spiro atoms. The van der Waals surface area contributed by atoms with E-state index in [2.05, 4.69) is 31.9 Å². The van der Waals surface area contributed by atoms with Crippen molar-refractivity contribution in [2.45, 2.75) is 13.0 Å². The number of hydrogen-bond donors (Lipinski definition) is 1. The highest BCUT2D eigenvalue weighted by atomic mass is 79.9. The third-order valence-electron chi connectivity index (χ3n) is 2.39. The van der Waals surface area contributed by atoms with E-state index in [0.29, 0.717) is 0 Å². The van der Waals surface area contributed by atoms with E-state index in [0.717, 1.165) is 24.3 Å². The van der Waals surface area contributed by atoms with Gasteiger partial charge in [-0.25, -0.2) is 4.39 Å². The van der Waals surface area contributed by atoms with Gasteiger partial charge in [0, 0.05) is 9.35 Å². The van der Waals surface area contributed by atoms with Crippen LogP contribution in [0.5, 0.6) is 0 Å². The summed E-state index contributed by atoms with van der Waals surface area (Å²) in [7, 11) is 0. The van der Waals surface area contributed by atoms with Crippen LogP contribution in [0.3, 0.4) is 0 Å². The second-order valence-electron chi connectivity index (χ2n) is 3.81. The van der Waals surface area contributed by atoms with E-state index in [9.17, 15) is 4.39 Å². The highest BCUT2D eigenvalue weighted by molar-refractivity contribution is 9.13. The molecule has 1 heterocycles. The Morgan fingerprint density at radius 3 is 2.47 bits per heavy atom. The van der Waals surface area contributed by atoms with Gasteiger partial charge in [-0.1, -0.05) is 6.07 Å². The van der Waals surface area contributed by atoms with Gasteiger partial charge >= 0.3 is 0 Å². The van der Waals surface area contributed by atoms with Crippen molar-refractivity contribution in [3.05, 3.63) is 54.3 Å². The molecule has 90 valence electrons. The number of benzene rings is 1. The summed E-state index contributed by atoms with van der Waals surface area (Å²) in [6.45, 7) is 1.86. The minimum absolute atomic E-state index is 0.245. The van der Waals surface area contributed by atoms with Crippen molar-refractivity contribution in [2.24, 2.45) is 5.73 Å². The van der Waals surface area contributed by atoms with E-state index in [1.807, 2.05) is 19.1 Å². The zero-order valence-electron chi connectivity index (χ0n) is 9.01. The van der Waals surface area contributed by atoms with Crippen LogP contribution in [0.25, 0.3) is 0 Å². The SMILES string of the molecule is Cc1cc(F)cc(C(N)c2cc(Br)c(Br)s2)c1. The second kappa shape index (κ2) is 5.18. The summed E-state index contributed by atoms with van der Waals surface area (Å²) in [6, 6.07) is 6.56. The van der Waals surface area contributed by atoms with Gasteiger partial charge in [0.15, 0.2) is 0 Å². The molecule has 2 aromatic rings. The van der Waals surface area contributed by atoms with Crippen LogP contribution in [0.4, 0.5) is 4.39 Å². The van der Waals surface area contributed by atoms with Crippen molar-refractivity contribution >= 4 is 43.2 Å². The second-order valence-corrected chi connectivity index (χ2v) is 7.07. The molecule has 1 nitrogen and oxygen atoms in total. The molecule has 1 aromatic carbocycles. The van der Waals surface area contributed by atoms with Crippen LogP contribution in [0.1, 0.15) is 22.0 Å². The first-order chi connectivity index (χ1) is 7.97. The summed E-state index contributed by atoms with van der Waals surface area (Å²) in [6.07, 6.45) is 0. The Balaban J connectivity index is 2.39. The topological polar surface area (TPSA) is 26.0 Å². The average molecular weight is 379 g/mol. The minimum atomic E-state index is -0.294. The Hall–Kier alpha value is -0.230. The van der Waals surface area contributed by atoms with Gasteiger partial charge in [-0.3, -0.25) is 0 Å². The number of aryl methyl sites for hydroxylation is 1. The average Bonchev–Trinajstić information content (AvgIpc) is 2.57. The Labute approximate surface area is 120 Å². The van der Waals surface area contributed by atoms with Crippen LogP contribution in [-0.2, 0) is 0 Å². The molecule has 0 fully saturated rings. The molecule has 1 unspecified atom stereocenters. The zero-order valence-corrected chi connectivity index (χ0v) is 13.0. The van der Waals surface area contributed by atoms with Crippen molar-refractivity contribution in [2.75, 3.05) is 0 Å². The quantitative estimate of drug-likeness (QED) is 0.800. The van der Waals surface area contributed by atoms with E-state index in [1.165, 1.54) is 12.1 Å². The van der Waals surface area contributed by atoms with Crippen LogP contribution in [-0.4, -0.2) is 0 Å². The first-order valence-corrected chi connectivity index (χ1v) is 7.35. The molecule has 0 amide bonds. The van der Waals surface area contributed by atoms with Crippen LogP contribution in [0.15, 0.2) is 32.5 Å². The predicted octanol–water partition coefficient (Wildman–Crippen LogP) is 4.77. The molecule has 0 saturated heterocycles. The molecule has 0 radical (unpaired) electrons. The van der Waals surface area contributed by atoms with Crippen LogP contribution >= 0.6 is 43.2 Å². The van der Waals surface area contributed by atoms with E-state index in [-0.39, 0.29) is 11.9 Å². The molecule has 1 aromatic heterocycles. The van der Waals surface area contributed by atoms with E-state index < -0.39 is 0 Å². The van der Waals surface area contributed by atoms with Gasteiger partial charge in [0.25, 0.3) is 0 Å². The summed E-state index contributed by atoms with van der Waals surface area (Å²) in [5.41, 5.74) is 7.81. The number of halogens is 3. The number of rotatable bonds is 2.